The molecular weight excluding hydrogens is 312 g/mol. The number of hydrogen-bond donors (Lipinski definition) is 2. The molecule has 2 N–H and O–H groups in total. The van der Waals surface area contributed by atoms with Gasteiger partial charge in [-0.15, -0.1) is 0 Å². The van der Waals surface area contributed by atoms with E-state index in [0.29, 0.717) is 0 Å². The quantitative estimate of drug-likeness (QED) is 0.437. The third-order valence-corrected chi connectivity index (χ3v) is 4.59. The van der Waals surface area contributed by atoms with Crippen molar-refractivity contribution in [3.63, 3.8) is 0 Å². The summed E-state index contributed by atoms with van der Waals surface area (Å²) >= 11 is 0. The maximum atomic E-state index is 11.2. The molecule has 2 heterocycles. The molecule has 1 saturated heterocycles. The van der Waals surface area contributed by atoms with Gasteiger partial charge in [-0.3, -0.25) is 0 Å². The maximum Gasteiger partial charge on any atom is 0.377 e. The Labute approximate surface area is 143 Å². The average Bonchev–Trinajstić information content (AvgIpc) is 3.14. The lowest BCUT2D eigenvalue weighted by atomic mass is 10.1. The third-order valence-electron chi connectivity index (χ3n) is 4.59. The first kappa shape index (κ1) is 19.1. The molecule has 6 nitrogen and oxygen atoms in total. The minimum Gasteiger partial charge on any atom is -0.505 e. The third kappa shape index (κ3) is 5.38. The molecule has 6 heteroatoms. The highest BCUT2D eigenvalue weighted by Crippen LogP contribution is 2.28. The number of aliphatic hydroxyl groups excluding tert-OH is 2. The van der Waals surface area contributed by atoms with Crippen molar-refractivity contribution in [1.82, 2.24) is 0 Å². The Morgan fingerprint density at radius 1 is 1.00 bits per heavy atom. The van der Waals surface area contributed by atoms with E-state index in [4.69, 9.17) is 14.2 Å². The normalized spacial score (nSPS) is 27.0. The summed E-state index contributed by atoms with van der Waals surface area (Å²) in [5.41, 5.74) is 0. The molecule has 0 aromatic heterocycles. The van der Waals surface area contributed by atoms with E-state index in [9.17, 15) is 15.0 Å². The van der Waals surface area contributed by atoms with Crippen LogP contribution in [0.25, 0.3) is 0 Å². The maximum absolute atomic E-state index is 11.2. The summed E-state index contributed by atoms with van der Waals surface area (Å²) in [6.45, 7) is 2.48. The number of aliphatic hydroxyl groups is 2. The fraction of sp³-hybridized carbons (Fsp3) is 0.833. The van der Waals surface area contributed by atoms with E-state index < -0.39 is 29.7 Å². The molecule has 3 atom stereocenters. The topological polar surface area (TPSA) is 85.2 Å². The van der Waals surface area contributed by atoms with Crippen LogP contribution >= 0.6 is 0 Å². The minimum absolute atomic E-state index is 0.247. The summed E-state index contributed by atoms with van der Waals surface area (Å²) in [7, 11) is 0. The minimum atomic E-state index is -0.953. The molecule has 2 aliphatic rings. The first-order chi connectivity index (χ1) is 11.6. The molecule has 1 fully saturated rings. The highest BCUT2D eigenvalue weighted by molar-refractivity contribution is 5.89. The zero-order valence-electron chi connectivity index (χ0n) is 14.5. The molecule has 138 valence electrons. The average molecular weight is 342 g/mol. The number of ether oxygens (including phenoxy) is 3. The predicted molar refractivity (Wildman–Crippen MR) is 88.6 cm³/mol. The smallest absolute Gasteiger partial charge is 0.377 e. The second-order valence-corrected chi connectivity index (χ2v) is 6.61. The van der Waals surface area contributed by atoms with Gasteiger partial charge in [-0.2, -0.15) is 0 Å². The van der Waals surface area contributed by atoms with Crippen LogP contribution in [0.4, 0.5) is 0 Å². The fourth-order valence-electron chi connectivity index (χ4n) is 3.13. The molecule has 0 amide bonds. The number of carbonyl (C=O) groups excluding carboxylic acids is 1. The Balaban J connectivity index is 1.53. The molecule has 2 rings (SSSR count). The van der Waals surface area contributed by atoms with Crippen molar-refractivity contribution >= 4 is 5.97 Å². The summed E-state index contributed by atoms with van der Waals surface area (Å²) in [5, 5.41) is 19.0. The highest BCUT2D eigenvalue weighted by Gasteiger charge is 2.44. The summed E-state index contributed by atoms with van der Waals surface area (Å²) in [4.78, 5) is 11.2. The van der Waals surface area contributed by atoms with Crippen LogP contribution in [-0.2, 0) is 19.0 Å². The number of esters is 1. The standard InChI is InChI=1S/C18H30O6/c1-2-3-4-5-6-7-8-9-10-11-14-22-12-13(23-14)17-15(19)16(20)18(21)24-17/h13-14,17,19-20H,2-12H2,1H3/t13-,14?,17+/m0/s1. The van der Waals surface area contributed by atoms with Crippen LogP contribution < -0.4 is 0 Å². The van der Waals surface area contributed by atoms with Gasteiger partial charge in [-0.25, -0.2) is 4.79 Å². The van der Waals surface area contributed by atoms with E-state index in [-0.39, 0.29) is 12.9 Å². The molecular formula is C18H30O6. The molecule has 1 unspecified atom stereocenters. The van der Waals surface area contributed by atoms with Gasteiger partial charge in [0, 0.05) is 0 Å². The van der Waals surface area contributed by atoms with Gasteiger partial charge in [0.2, 0.25) is 5.76 Å². The number of hydrogen-bond acceptors (Lipinski definition) is 6. The monoisotopic (exact) mass is 342 g/mol. The SMILES string of the molecule is CCCCCCCCCCCC1OC[C@@H]([C@H]2OC(=O)C(O)=C2O)O1. The summed E-state index contributed by atoms with van der Waals surface area (Å²) in [6.07, 6.45) is 10.3. The molecule has 0 aromatic carbocycles. The number of rotatable bonds is 11. The Morgan fingerprint density at radius 2 is 1.62 bits per heavy atom. The first-order valence-corrected chi connectivity index (χ1v) is 9.23. The van der Waals surface area contributed by atoms with E-state index >= 15 is 0 Å². The van der Waals surface area contributed by atoms with Crippen molar-refractivity contribution in [2.45, 2.75) is 89.6 Å². The second kappa shape index (κ2) is 9.89. The molecule has 0 radical (unpaired) electrons. The van der Waals surface area contributed by atoms with Gasteiger partial charge >= 0.3 is 5.97 Å². The van der Waals surface area contributed by atoms with Gasteiger partial charge in [0.05, 0.1) is 6.61 Å². The lowest BCUT2D eigenvalue weighted by Crippen LogP contribution is -2.31. The number of carbonyl (C=O) groups is 1. The van der Waals surface area contributed by atoms with Gasteiger partial charge in [-0.1, -0.05) is 58.3 Å². The second-order valence-electron chi connectivity index (χ2n) is 6.61. The Kier molecular flexibility index (Phi) is 7.85. The van der Waals surface area contributed by atoms with Gasteiger partial charge in [-0.05, 0) is 12.8 Å². The van der Waals surface area contributed by atoms with Crippen molar-refractivity contribution in [2.75, 3.05) is 6.61 Å². The van der Waals surface area contributed by atoms with E-state index in [0.717, 1.165) is 19.3 Å². The van der Waals surface area contributed by atoms with Gasteiger partial charge in [0.1, 0.15) is 6.10 Å². The predicted octanol–water partition coefficient (Wildman–Crippen LogP) is 3.90. The fourth-order valence-corrected chi connectivity index (χ4v) is 3.13. The van der Waals surface area contributed by atoms with E-state index in [2.05, 4.69) is 6.92 Å². The Hall–Kier alpha value is -1.27. The Morgan fingerprint density at radius 3 is 2.21 bits per heavy atom. The molecule has 0 spiro atoms. The van der Waals surface area contributed by atoms with Crippen molar-refractivity contribution in [2.24, 2.45) is 0 Å². The number of cyclic esters (lactones) is 1. The van der Waals surface area contributed by atoms with Crippen molar-refractivity contribution in [3.8, 4) is 0 Å². The first-order valence-electron chi connectivity index (χ1n) is 9.23. The molecule has 0 aromatic rings. The van der Waals surface area contributed by atoms with Crippen molar-refractivity contribution in [3.05, 3.63) is 11.5 Å². The van der Waals surface area contributed by atoms with Crippen molar-refractivity contribution < 1.29 is 29.2 Å². The zero-order valence-corrected chi connectivity index (χ0v) is 14.5. The lowest BCUT2D eigenvalue weighted by Gasteiger charge is -2.16. The molecule has 24 heavy (non-hydrogen) atoms. The Bertz CT molecular complexity index is 433. The van der Waals surface area contributed by atoms with Gasteiger partial charge < -0.3 is 24.4 Å². The summed E-state index contributed by atoms with van der Waals surface area (Å²) in [6, 6.07) is 0. The number of unbranched alkanes of at least 4 members (excludes halogenated alkanes) is 8. The largest absolute Gasteiger partial charge is 0.505 e. The highest BCUT2D eigenvalue weighted by atomic mass is 16.7. The van der Waals surface area contributed by atoms with E-state index in [1.165, 1.54) is 44.9 Å². The van der Waals surface area contributed by atoms with E-state index in [1.54, 1.807) is 0 Å². The molecule has 0 saturated carbocycles. The molecule has 0 bridgehead atoms. The van der Waals surface area contributed by atoms with Crippen molar-refractivity contribution in [1.29, 1.82) is 0 Å². The van der Waals surface area contributed by atoms with Gasteiger partial charge in [0.15, 0.2) is 18.2 Å². The lowest BCUT2D eigenvalue weighted by molar-refractivity contribution is -0.149. The van der Waals surface area contributed by atoms with Crippen LogP contribution in [-0.4, -0.2) is 41.3 Å². The van der Waals surface area contributed by atoms with Crippen LogP contribution in [0.5, 0.6) is 0 Å². The van der Waals surface area contributed by atoms with Gasteiger partial charge in [0.25, 0.3) is 0 Å². The summed E-state index contributed by atoms with van der Waals surface area (Å²) in [5.74, 6) is -2.10. The van der Waals surface area contributed by atoms with Crippen LogP contribution in [0.1, 0.15) is 71.1 Å². The molecule has 0 aliphatic carbocycles. The van der Waals surface area contributed by atoms with Crippen LogP contribution in [0.2, 0.25) is 0 Å². The van der Waals surface area contributed by atoms with Crippen LogP contribution in [0.3, 0.4) is 0 Å². The molecule has 2 aliphatic heterocycles. The summed E-state index contributed by atoms with van der Waals surface area (Å²) < 4.78 is 16.1. The van der Waals surface area contributed by atoms with Crippen LogP contribution in [0.15, 0.2) is 11.5 Å². The zero-order chi connectivity index (χ0) is 17.4. The van der Waals surface area contributed by atoms with E-state index in [1.807, 2.05) is 0 Å². The van der Waals surface area contributed by atoms with Crippen LogP contribution in [0, 0.1) is 0 Å².